The zero-order chi connectivity index (χ0) is 25.3. The molecule has 0 saturated carbocycles. The minimum absolute atomic E-state index is 0.0960. The summed E-state index contributed by atoms with van der Waals surface area (Å²) in [6, 6.07) is 15.5. The van der Waals surface area contributed by atoms with Crippen molar-refractivity contribution >= 4 is 58.0 Å². The second-order valence-corrected chi connectivity index (χ2v) is 8.44. The fourth-order valence-electron chi connectivity index (χ4n) is 3.46. The van der Waals surface area contributed by atoms with Crippen molar-refractivity contribution in [2.75, 3.05) is 22.6 Å². The van der Waals surface area contributed by atoms with E-state index < -0.39 is 17.7 Å². The summed E-state index contributed by atoms with van der Waals surface area (Å²) >= 11 is 12.1. The van der Waals surface area contributed by atoms with Gasteiger partial charge in [0.05, 0.1) is 18.5 Å². The van der Waals surface area contributed by atoms with E-state index in [1.165, 1.54) is 37.4 Å². The highest BCUT2D eigenvalue weighted by molar-refractivity contribution is 6.53. The third-order valence-corrected chi connectivity index (χ3v) is 5.81. The molecule has 0 aromatic heterocycles. The number of phenolic OH excluding ortho intramolecular Hbond substituents is 1. The van der Waals surface area contributed by atoms with Gasteiger partial charge >= 0.3 is 0 Å². The summed E-state index contributed by atoms with van der Waals surface area (Å²) in [5, 5.41) is 15.4. The van der Waals surface area contributed by atoms with E-state index in [4.69, 9.17) is 27.9 Å². The Bertz CT molecular complexity index is 1390. The minimum atomic E-state index is -0.680. The van der Waals surface area contributed by atoms with E-state index in [1.54, 1.807) is 30.3 Å². The second kappa shape index (κ2) is 9.69. The van der Waals surface area contributed by atoms with Crippen LogP contribution in [0.2, 0.25) is 5.02 Å². The molecule has 3 aromatic rings. The first-order chi connectivity index (χ1) is 16.7. The van der Waals surface area contributed by atoms with E-state index in [9.17, 15) is 19.5 Å². The number of aromatic hydroxyl groups is 1. The lowest BCUT2D eigenvalue weighted by Crippen LogP contribution is -2.32. The van der Waals surface area contributed by atoms with E-state index in [1.807, 2.05) is 6.92 Å². The van der Waals surface area contributed by atoms with Gasteiger partial charge in [0.25, 0.3) is 17.7 Å². The number of nitrogens with one attached hydrogen (secondary N) is 2. The van der Waals surface area contributed by atoms with E-state index in [2.05, 4.69) is 10.6 Å². The number of hydrogen-bond donors (Lipinski definition) is 3. The number of carbonyl (C=O) groups excluding carboxylic acids is 3. The normalized spacial score (nSPS) is 13.3. The average Bonchev–Trinajstić information content (AvgIpc) is 3.04. The Balaban J connectivity index is 1.52. The van der Waals surface area contributed by atoms with Crippen LogP contribution in [0.5, 0.6) is 11.5 Å². The molecule has 0 aliphatic carbocycles. The van der Waals surface area contributed by atoms with Crippen molar-refractivity contribution in [2.45, 2.75) is 6.92 Å². The van der Waals surface area contributed by atoms with Gasteiger partial charge in [0.15, 0.2) is 0 Å². The van der Waals surface area contributed by atoms with Crippen LogP contribution in [0, 0.1) is 6.92 Å². The Labute approximate surface area is 210 Å². The molecule has 0 bridgehead atoms. The van der Waals surface area contributed by atoms with Crippen molar-refractivity contribution in [3.63, 3.8) is 0 Å². The second-order valence-electron chi connectivity index (χ2n) is 7.63. The molecular weight excluding hydrogens is 493 g/mol. The van der Waals surface area contributed by atoms with Crippen LogP contribution in [-0.2, 0) is 9.59 Å². The summed E-state index contributed by atoms with van der Waals surface area (Å²) < 4.78 is 5.30. The van der Waals surface area contributed by atoms with Crippen molar-refractivity contribution in [1.29, 1.82) is 0 Å². The minimum Gasteiger partial charge on any atom is -0.506 e. The third kappa shape index (κ3) is 4.80. The van der Waals surface area contributed by atoms with Gasteiger partial charge in [-0.2, -0.15) is 0 Å². The molecule has 0 unspecified atom stereocenters. The van der Waals surface area contributed by atoms with Gasteiger partial charge in [0, 0.05) is 16.3 Å². The first-order valence-electron chi connectivity index (χ1n) is 10.3. The number of phenols is 1. The lowest BCUT2D eigenvalue weighted by molar-refractivity contribution is -0.120. The van der Waals surface area contributed by atoms with Gasteiger partial charge in [-0.15, -0.1) is 0 Å². The van der Waals surface area contributed by atoms with E-state index in [0.717, 1.165) is 10.5 Å². The number of hydrogen-bond acceptors (Lipinski definition) is 6. The maximum absolute atomic E-state index is 13.1. The van der Waals surface area contributed by atoms with Crippen LogP contribution in [0.4, 0.5) is 17.1 Å². The van der Waals surface area contributed by atoms with Crippen LogP contribution in [0.25, 0.3) is 0 Å². The highest BCUT2D eigenvalue weighted by Crippen LogP contribution is 2.36. The zero-order valence-corrected chi connectivity index (χ0v) is 20.1. The van der Waals surface area contributed by atoms with Crippen molar-refractivity contribution < 1.29 is 24.2 Å². The molecule has 8 nitrogen and oxygen atoms in total. The van der Waals surface area contributed by atoms with Crippen LogP contribution >= 0.6 is 23.2 Å². The smallest absolute Gasteiger partial charge is 0.283 e. The number of amides is 3. The molecule has 1 aliphatic heterocycles. The molecule has 3 amide bonds. The Morgan fingerprint density at radius 2 is 1.69 bits per heavy atom. The number of benzene rings is 3. The number of methoxy groups -OCH3 is 1. The number of rotatable bonds is 6. The zero-order valence-electron chi connectivity index (χ0n) is 18.6. The maximum Gasteiger partial charge on any atom is 0.283 e. The van der Waals surface area contributed by atoms with Crippen LogP contribution in [0.3, 0.4) is 0 Å². The van der Waals surface area contributed by atoms with Gasteiger partial charge in [-0.1, -0.05) is 29.3 Å². The molecule has 0 atom stereocenters. The largest absolute Gasteiger partial charge is 0.506 e. The van der Waals surface area contributed by atoms with Crippen LogP contribution < -0.4 is 20.3 Å². The fraction of sp³-hybridized carbons (Fsp3) is 0.0800. The van der Waals surface area contributed by atoms with Crippen LogP contribution in [-0.4, -0.2) is 29.9 Å². The van der Waals surface area contributed by atoms with Gasteiger partial charge in [0.2, 0.25) is 0 Å². The lowest BCUT2D eigenvalue weighted by atomic mass is 10.1. The topological polar surface area (TPSA) is 108 Å². The number of imide groups is 1. The molecular formula is C25H19Cl2N3O5. The van der Waals surface area contributed by atoms with E-state index in [-0.39, 0.29) is 33.4 Å². The van der Waals surface area contributed by atoms with Gasteiger partial charge in [-0.05, 0) is 67.1 Å². The highest BCUT2D eigenvalue weighted by atomic mass is 35.5. The predicted molar refractivity (Wildman–Crippen MR) is 134 cm³/mol. The summed E-state index contributed by atoms with van der Waals surface area (Å²) in [6.07, 6.45) is 0. The van der Waals surface area contributed by atoms with Gasteiger partial charge in [-0.25, -0.2) is 4.90 Å². The number of ether oxygens (including phenoxy) is 1. The summed E-state index contributed by atoms with van der Waals surface area (Å²) in [7, 11) is 1.44. The maximum atomic E-state index is 13.1. The molecule has 35 heavy (non-hydrogen) atoms. The Morgan fingerprint density at radius 3 is 2.37 bits per heavy atom. The molecule has 1 heterocycles. The standard InChI is InChI=1S/C25H19Cl2N3O5/c1-13-3-10-20(35-2)18(11-13)30-24(33)21(27)22(25(30)34)28-16-7-4-14(5-8-16)23(32)29-17-12-15(26)6-9-19(17)31/h3-12,28,31H,1-2H3,(H,29,32). The molecule has 0 saturated heterocycles. The Morgan fingerprint density at radius 1 is 0.971 bits per heavy atom. The summed E-state index contributed by atoms with van der Waals surface area (Å²) in [5.41, 5.74) is 1.91. The van der Waals surface area contributed by atoms with Gasteiger partial charge in [-0.3, -0.25) is 14.4 Å². The number of nitrogens with zero attached hydrogens (tertiary/aromatic N) is 1. The molecule has 0 fully saturated rings. The first-order valence-corrected chi connectivity index (χ1v) is 11.1. The molecule has 4 rings (SSSR count). The molecule has 3 N–H and O–H groups in total. The van der Waals surface area contributed by atoms with Crippen molar-refractivity contribution in [1.82, 2.24) is 0 Å². The van der Waals surface area contributed by atoms with Crippen molar-refractivity contribution in [3.8, 4) is 11.5 Å². The molecule has 1 aliphatic rings. The fourth-order valence-corrected chi connectivity index (χ4v) is 3.84. The monoisotopic (exact) mass is 511 g/mol. The molecule has 3 aromatic carbocycles. The number of carbonyl (C=O) groups is 3. The predicted octanol–water partition coefficient (Wildman–Crippen LogP) is 5.05. The summed E-state index contributed by atoms with van der Waals surface area (Å²) in [4.78, 5) is 39.4. The number of halogens is 2. The summed E-state index contributed by atoms with van der Waals surface area (Å²) in [6.45, 7) is 1.83. The van der Waals surface area contributed by atoms with Gasteiger partial charge < -0.3 is 20.5 Å². The highest BCUT2D eigenvalue weighted by Gasteiger charge is 2.40. The number of aryl methyl sites for hydroxylation is 1. The lowest BCUT2D eigenvalue weighted by Gasteiger charge is -2.18. The van der Waals surface area contributed by atoms with Crippen LogP contribution in [0.15, 0.2) is 71.4 Å². The van der Waals surface area contributed by atoms with E-state index in [0.29, 0.717) is 16.5 Å². The molecule has 10 heteroatoms. The average molecular weight is 512 g/mol. The van der Waals surface area contributed by atoms with Gasteiger partial charge in [0.1, 0.15) is 22.2 Å². The Kier molecular flexibility index (Phi) is 6.68. The van der Waals surface area contributed by atoms with Crippen molar-refractivity contribution in [2.24, 2.45) is 0 Å². The quantitative estimate of drug-likeness (QED) is 0.315. The number of anilines is 3. The third-order valence-electron chi connectivity index (χ3n) is 5.23. The molecule has 178 valence electrons. The Hall–Kier alpha value is -4.01. The molecule has 0 spiro atoms. The summed E-state index contributed by atoms with van der Waals surface area (Å²) in [5.74, 6) is -1.57. The first kappa shape index (κ1) is 24.1. The van der Waals surface area contributed by atoms with E-state index >= 15 is 0 Å². The molecule has 0 radical (unpaired) electrons. The SMILES string of the molecule is COc1ccc(C)cc1N1C(=O)C(Cl)=C(Nc2ccc(C(=O)Nc3cc(Cl)ccc3O)cc2)C1=O. The van der Waals surface area contributed by atoms with Crippen molar-refractivity contribution in [3.05, 3.63) is 87.5 Å². The van der Waals surface area contributed by atoms with Crippen LogP contribution in [0.1, 0.15) is 15.9 Å².